The van der Waals surface area contributed by atoms with Crippen LogP contribution in [0, 0.1) is 13.8 Å². The number of carbonyl (C=O) groups is 1. The number of aryl methyl sites for hydroxylation is 2. The van der Waals surface area contributed by atoms with Gasteiger partial charge in [0.1, 0.15) is 6.10 Å². The van der Waals surface area contributed by atoms with Gasteiger partial charge in [-0.15, -0.1) is 0 Å². The molecule has 1 amide bonds. The first-order valence-corrected chi connectivity index (χ1v) is 5.76. The number of aliphatic hydroxyl groups excluding tert-OH is 1. The van der Waals surface area contributed by atoms with Crippen molar-refractivity contribution >= 4 is 5.91 Å². The lowest BCUT2D eigenvalue weighted by atomic mass is 10.0. The molecule has 0 heterocycles. The number of nitrogens with two attached hydrogens (primary N) is 1. The average molecular weight is 236 g/mol. The molecule has 0 aliphatic carbocycles. The van der Waals surface area contributed by atoms with Crippen LogP contribution < -0.4 is 11.1 Å². The molecule has 17 heavy (non-hydrogen) atoms. The van der Waals surface area contributed by atoms with E-state index in [0.717, 1.165) is 6.42 Å². The molecule has 0 aliphatic rings. The summed E-state index contributed by atoms with van der Waals surface area (Å²) in [5.74, 6) is -0.405. The van der Waals surface area contributed by atoms with E-state index < -0.39 is 12.0 Å². The average Bonchev–Trinajstić information content (AvgIpc) is 2.32. The highest BCUT2D eigenvalue weighted by molar-refractivity contribution is 5.80. The van der Waals surface area contributed by atoms with Crippen LogP contribution in [0.2, 0.25) is 0 Å². The molecule has 0 aromatic heterocycles. The van der Waals surface area contributed by atoms with Gasteiger partial charge in [0.2, 0.25) is 5.91 Å². The SMILES string of the molecule is Cc1ccc(C)c(CCNC(=O)C(O)CN)c1. The first-order valence-electron chi connectivity index (χ1n) is 5.76. The summed E-state index contributed by atoms with van der Waals surface area (Å²) in [6.45, 7) is 4.56. The second-order valence-corrected chi connectivity index (χ2v) is 4.22. The van der Waals surface area contributed by atoms with E-state index in [4.69, 9.17) is 5.73 Å². The van der Waals surface area contributed by atoms with Crippen molar-refractivity contribution in [3.63, 3.8) is 0 Å². The van der Waals surface area contributed by atoms with Crippen molar-refractivity contribution < 1.29 is 9.90 Å². The fourth-order valence-corrected chi connectivity index (χ4v) is 1.61. The zero-order valence-electron chi connectivity index (χ0n) is 10.4. The largest absolute Gasteiger partial charge is 0.382 e. The maximum absolute atomic E-state index is 11.3. The molecule has 0 saturated heterocycles. The Kier molecular flexibility index (Phi) is 5.12. The number of benzene rings is 1. The van der Waals surface area contributed by atoms with Crippen LogP contribution in [0.15, 0.2) is 18.2 Å². The minimum atomic E-state index is -1.10. The van der Waals surface area contributed by atoms with E-state index in [2.05, 4.69) is 23.5 Å². The first-order chi connectivity index (χ1) is 8.04. The number of hydrogen-bond acceptors (Lipinski definition) is 3. The number of nitrogens with one attached hydrogen (secondary N) is 1. The van der Waals surface area contributed by atoms with Gasteiger partial charge in [0.15, 0.2) is 0 Å². The summed E-state index contributed by atoms with van der Waals surface area (Å²) in [5, 5.41) is 11.8. The summed E-state index contributed by atoms with van der Waals surface area (Å²) in [5.41, 5.74) is 8.82. The Bertz CT molecular complexity index is 391. The van der Waals surface area contributed by atoms with Gasteiger partial charge in [0, 0.05) is 13.1 Å². The lowest BCUT2D eigenvalue weighted by Crippen LogP contribution is -2.40. The summed E-state index contributed by atoms with van der Waals surface area (Å²) in [6.07, 6.45) is -0.343. The van der Waals surface area contributed by atoms with Gasteiger partial charge in [-0.1, -0.05) is 23.8 Å². The predicted octanol–water partition coefficient (Wildman–Crippen LogP) is 0.282. The van der Waals surface area contributed by atoms with Crippen LogP contribution in [0.25, 0.3) is 0 Å². The molecule has 1 rings (SSSR count). The number of carbonyl (C=O) groups excluding carboxylic acids is 1. The summed E-state index contributed by atoms with van der Waals surface area (Å²) in [7, 11) is 0. The molecule has 4 heteroatoms. The minimum absolute atomic E-state index is 0.0463. The van der Waals surface area contributed by atoms with Crippen LogP contribution in [-0.2, 0) is 11.2 Å². The summed E-state index contributed by atoms with van der Waals surface area (Å²) >= 11 is 0. The smallest absolute Gasteiger partial charge is 0.250 e. The molecule has 0 saturated carbocycles. The standard InChI is InChI=1S/C13H20N2O2/c1-9-3-4-10(2)11(7-9)5-6-15-13(17)12(16)8-14/h3-4,7,12,16H,5-6,8,14H2,1-2H3,(H,15,17). The van der Waals surface area contributed by atoms with Crippen LogP contribution in [0.1, 0.15) is 16.7 Å². The maximum Gasteiger partial charge on any atom is 0.250 e. The van der Waals surface area contributed by atoms with Gasteiger partial charge >= 0.3 is 0 Å². The van der Waals surface area contributed by atoms with E-state index in [1.807, 2.05) is 13.8 Å². The Morgan fingerprint density at radius 1 is 1.47 bits per heavy atom. The van der Waals surface area contributed by atoms with Gasteiger partial charge in [-0.25, -0.2) is 0 Å². The molecule has 0 radical (unpaired) electrons. The molecule has 0 bridgehead atoms. The first kappa shape index (κ1) is 13.7. The highest BCUT2D eigenvalue weighted by Crippen LogP contribution is 2.10. The topological polar surface area (TPSA) is 75.3 Å². The Labute approximate surface area is 102 Å². The molecule has 4 N–H and O–H groups in total. The van der Waals surface area contributed by atoms with Gasteiger partial charge in [-0.3, -0.25) is 4.79 Å². The van der Waals surface area contributed by atoms with E-state index in [9.17, 15) is 9.90 Å². The monoisotopic (exact) mass is 236 g/mol. The van der Waals surface area contributed by atoms with Gasteiger partial charge in [-0.2, -0.15) is 0 Å². The van der Waals surface area contributed by atoms with Crippen molar-refractivity contribution in [2.45, 2.75) is 26.4 Å². The van der Waals surface area contributed by atoms with Crippen LogP contribution in [0.5, 0.6) is 0 Å². The zero-order chi connectivity index (χ0) is 12.8. The molecular weight excluding hydrogens is 216 g/mol. The third-order valence-electron chi connectivity index (χ3n) is 2.72. The Hall–Kier alpha value is -1.39. The zero-order valence-corrected chi connectivity index (χ0v) is 10.4. The quantitative estimate of drug-likeness (QED) is 0.687. The highest BCUT2D eigenvalue weighted by Gasteiger charge is 2.11. The van der Waals surface area contributed by atoms with Crippen molar-refractivity contribution in [1.29, 1.82) is 0 Å². The van der Waals surface area contributed by atoms with Crippen LogP contribution in [0.3, 0.4) is 0 Å². The Morgan fingerprint density at radius 2 is 2.18 bits per heavy atom. The Morgan fingerprint density at radius 3 is 2.82 bits per heavy atom. The van der Waals surface area contributed by atoms with E-state index in [1.165, 1.54) is 16.7 Å². The van der Waals surface area contributed by atoms with Gasteiger partial charge in [0.05, 0.1) is 0 Å². The fraction of sp³-hybridized carbons (Fsp3) is 0.462. The van der Waals surface area contributed by atoms with Gasteiger partial charge in [-0.05, 0) is 31.4 Å². The number of aliphatic hydroxyl groups is 1. The number of rotatable bonds is 5. The predicted molar refractivity (Wildman–Crippen MR) is 67.7 cm³/mol. The van der Waals surface area contributed by atoms with Gasteiger partial charge in [0.25, 0.3) is 0 Å². The lowest BCUT2D eigenvalue weighted by Gasteiger charge is -2.10. The number of hydrogen-bond donors (Lipinski definition) is 3. The third-order valence-corrected chi connectivity index (χ3v) is 2.72. The maximum atomic E-state index is 11.3. The number of amides is 1. The van der Waals surface area contributed by atoms with E-state index in [1.54, 1.807) is 0 Å². The molecule has 1 aromatic rings. The molecule has 1 atom stereocenters. The van der Waals surface area contributed by atoms with E-state index in [0.29, 0.717) is 6.54 Å². The lowest BCUT2D eigenvalue weighted by molar-refractivity contribution is -0.128. The van der Waals surface area contributed by atoms with E-state index in [-0.39, 0.29) is 6.54 Å². The summed E-state index contributed by atoms with van der Waals surface area (Å²) in [4.78, 5) is 11.3. The fourth-order valence-electron chi connectivity index (χ4n) is 1.61. The molecule has 0 fully saturated rings. The van der Waals surface area contributed by atoms with Crippen molar-refractivity contribution in [3.8, 4) is 0 Å². The van der Waals surface area contributed by atoms with Crippen molar-refractivity contribution in [2.24, 2.45) is 5.73 Å². The molecule has 1 unspecified atom stereocenters. The molecule has 0 spiro atoms. The summed E-state index contributed by atoms with van der Waals surface area (Å²) in [6, 6.07) is 6.25. The summed E-state index contributed by atoms with van der Waals surface area (Å²) < 4.78 is 0. The van der Waals surface area contributed by atoms with Gasteiger partial charge < -0.3 is 16.2 Å². The van der Waals surface area contributed by atoms with E-state index >= 15 is 0 Å². The highest BCUT2D eigenvalue weighted by atomic mass is 16.3. The third kappa shape index (κ3) is 4.17. The van der Waals surface area contributed by atoms with Crippen LogP contribution in [-0.4, -0.2) is 30.2 Å². The van der Waals surface area contributed by atoms with Crippen molar-refractivity contribution in [2.75, 3.05) is 13.1 Å². The van der Waals surface area contributed by atoms with Crippen molar-refractivity contribution in [1.82, 2.24) is 5.32 Å². The molecule has 4 nitrogen and oxygen atoms in total. The molecule has 94 valence electrons. The normalized spacial score (nSPS) is 12.2. The molecule has 0 aliphatic heterocycles. The second kappa shape index (κ2) is 6.37. The van der Waals surface area contributed by atoms with Crippen molar-refractivity contribution in [3.05, 3.63) is 34.9 Å². The van der Waals surface area contributed by atoms with Crippen LogP contribution >= 0.6 is 0 Å². The molecule has 1 aromatic carbocycles. The molecular formula is C13H20N2O2. The second-order valence-electron chi connectivity index (χ2n) is 4.22. The Balaban J connectivity index is 2.46. The van der Waals surface area contributed by atoms with Crippen LogP contribution in [0.4, 0.5) is 0 Å². The minimum Gasteiger partial charge on any atom is -0.382 e.